The van der Waals surface area contributed by atoms with Gasteiger partial charge in [0.25, 0.3) is 5.91 Å². The van der Waals surface area contributed by atoms with Gasteiger partial charge >= 0.3 is 0 Å². The Kier molecular flexibility index (Phi) is 6.71. The van der Waals surface area contributed by atoms with Crippen LogP contribution in [0.4, 0.5) is 0 Å². The van der Waals surface area contributed by atoms with Crippen molar-refractivity contribution in [1.82, 2.24) is 5.32 Å². The number of benzene rings is 2. The maximum Gasteiger partial charge on any atom is 0.261 e. The largest absolute Gasteiger partial charge is 0.481 e. The van der Waals surface area contributed by atoms with E-state index in [4.69, 9.17) is 16.3 Å². The molecular formula is C22H28ClNO2. The zero-order chi connectivity index (χ0) is 19.4. The molecule has 0 fully saturated rings. The van der Waals surface area contributed by atoms with Crippen molar-refractivity contribution in [1.29, 1.82) is 0 Å². The van der Waals surface area contributed by atoms with Crippen LogP contribution >= 0.6 is 11.6 Å². The number of ether oxygens (including phenoxy) is 1. The van der Waals surface area contributed by atoms with Crippen LogP contribution in [0.25, 0.3) is 0 Å². The van der Waals surface area contributed by atoms with Crippen LogP contribution in [0, 0.1) is 27.7 Å². The van der Waals surface area contributed by atoms with Gasteiger partial charge in [-0.1, -0.05) is 36.7 Å². The average molecular weight is 374 g/mol. The Morgan fingerprint density at radius 3 is 2.19 bits per heavy atom. The second-order valence-corrected chi connectivity index (χ2v) is 7.32. The van der Waals surface area contributed by atoms with E-state index in [1.165, 1.54) is 11.1 Å². The molecule has 0 aliphatic carbocycles. The van der Waals surface area contributed by atoms with Gasteiger partial charge < -0.3 is 10.1 Å². The molecule has 1 amide bonds. The Hall–Kier alpha value is -2.00. The van der Waals surface area contributed by atoms with Crippen molar-refractivity contribution < 1.29 is 9.53 Å². The van der Waals surface area contributed by atoms with E-state index in [-0.39, 0.29) is 11.9 Å². The third-order valence-electron chi connectivity index (χ3n) is 4.75. The molecule has 0 radical (unpaired) electrons. The second kappa shape index (κ2) is 8.59. The molecule has 1 N–H and O–H groups in total. The van der Waals surface area contributed by atoms with Crippen molar-refractivity contribution in [3.63, 3.8) is 0 Å². The van der Waals surface area contributed by atoms with Crippen LogP contribution in [0.3, 0.4) is 0 Å². The third-order valence-corrected chi connectivity index (χ3v) is 5.35. The molecule has 0 spiro atoms. The van der Waals surface area contributed by atoms with Gasteiger partial charge in [0.05, 0.1) is 6.04 Å². The van der Waals surface area contributed by atoms with Crippen molar-refractivity contribution in [2.75, 3.05) is 0 Å². The summed E-state index contributed by atoms with van der Waals surface area (Å²) in [7, 11) is 0. The average Bonchev–Trinajstić information content (AvgIpc) is 2.59. The van der Waals surface area contributed by atoms with Gasteiger partial charge in [0.1, 0.15) is 5.75 Å². The van der Waals surface area contributed by atoms with E-state index in [2.05, 4.69) is 44.3 Å². The van der Waals surface area contributed by atoms with Crippen molar-refractivity contribution >= 4 is 17.5 Å². The molecule has 0 saturated heterocycles. The predicted molar refractivity (Wildman–Crippen MR) is 108 cm³/mol. The zero-order valence-electron chi connectivity index (χ0n) is 16.4. The first kappa shape index (κ1) is 20.3. The Labute approximate surface area is 161 Å². The maximum atomic E-state index is 12.6. The summed E-state index contributed by atoms with van der Waals surface area (Å²) in [5.74, 6) is 0.534. The molecule has 0 saturated carbocycles. The van der Waals surface area contributed by atoms with Crippen LogP contribution in [-0.4, -0.2) is 12.0 Å². The number of carbonyl (C=O) groups excluding carboxylic acids is 1. The van der Waals surface area contributed by atoms with Crippen molar-refractivity contribution in [3.8, 4) is 5.75 Å². The summed E-state index contributed by atoms with van der Waals surface area (Å²) < 4.78 is 5.85. The van der Waals surface area contributed by atoms with Crippen LogP contribution in [-0.2, 0) is 4.79 Å². The number of halogens is 1. The van der Waals surface area contributed by atoms with Gasteiger partial charge in [-0.2, -0.15) is 0 Å². The number of nitrogens with one attached hydrogen (secondary N) is 1. The third kappa shape index (κ3) is 4.79. The molecule has 2 rings (SSSR count). The number of rotatable bonds is 6. The van der Waals surface area contributed by atoms with E-state index in [0.29, 0.717) is 5.75 Å². The second-order valence-electron chi connectivity index (χ2n) is 6.94. The first-order valence-electron chi connectivity index (χ1n) is 9.03. The highest BCUT2D eigenvalue weighted by molar-refractivity contribution is 6.32. The van der Waals surface area contributed by atoms with Gasteiger partial charge in [0.2, 0.25) is 0 Å². The number of amides is 1. The summed E-state index contributed by atoms with van der Waals surface area (Å²) in [6.45, 7) is 11.9. The smallest absolute Gasteiger partial charge is 0.261 e. The highest BCUT2D eigenvalue weighted by atomic mass is 35.5. The Bertz CT molecular complexity index is 778. The van der Waals surface area contributed by atoms with Crippen molar-refractivity contribution in [2.24, 2.45) is 0 Å². The van der Waals surface area contributed by atoms with Crippen molar-refractivity contribution in [3.05, 3.63) is 63.2 Å². The summed E-state index contributed by atoms with van der Waals surface area (Å²) in [5, 5.41) is 3.83. The monoisotopic (exact) mass is 373 g/mol. The van der Waals surface area contributed by atoms with Gasteiger partial charge in [0, 0.05) is 5.02 Å². The first-order chi connectivity index (χ1) is 12.2. The summed E-state index contributed by atoms with van der Waals surface area (Å²) in [6.07, 6.45) is 0.232. The van der Waals surface area contributed by atoms with E-state index in [9.17, 15) is 4.79 Å². The normalized spacial score (nSPS) is 13.2. The molecule has 26 heavy (non-hydrogen) atoms. The lowest BCUT2D eigenvalue weighted by molar-refractivity contribution is -0.128. The number of hydrogen-bond donors (Lipinski definition) is 1. The molecule has 4 heteroatoms. The summed E-state index contributed by atoms with van der Waals surface area (Å²) >= 11 is 6.19. The Morgan fingerprint density at radius 2 is 1.65 bits per heavy atom. The number of hydrogen-bond acceptors (Lipinski definition) is 2. The lowest BCUT2D eigenvalue weighted by atomic mass is 9.99. The van der Waals surface area contributed by atoms with Gasteiger partial charge in [-0.05, 0) is 81.0 Å². The molecule has 2 atom stereocenters. The van der Waals surface area contributed by atoms with E-state index in [0.717, 1.165) is 28.1 Å². The topological polar surface area (TPSA) is 38.3 Å². The fraction of sp³-hybridized carbons (Fsp3) is 0.409. The predicted octanol–water partition coefficient (Wildman–Crippen LogP) is 5.61. The van der Waals surface area contributed by atoms with Crippen LogP contribution in [0.5, 0.6) is 5.75 Å². The fourth-order valence-corrected chi connectivity index (χ4v) is 3.03. The van der Waals surface area contributed by atoms with Gasteiger partial charge in [-0.3, -0.25) is 4.79 Å². The number of aryl methyl sites for hydroxylation is 4. The number of carbonyl (C=O) groups is 1. The van der Waals surface area contributed by atoms with E-state index < -0.39 is 6.10 Å². The van der Waals surface area contributed by atoms with Gasteiger partial charge in [0.15, 0.2) is 6.10 Å². The molecular weight excluding hydrogens is 346 g/mol. The Balaban J connectivity index is 2.08. The first-order valence-corrected chi connectivity index (χ1v) is 9.41. The summed E-state index contributed by atoms with van der Waals surface area (Å²) in [5.41, 5.74) is 5.48. The highest BCUT2D eigenvalue weighted by Gasteiger charge is 2.20. The minimum atomic E-state index is -0.587. The Morgan fingerprint density at radius 1 is 1.04 bits per heavy atom. The molecule has 2 aromatic rings. The molecule has 0 bridgehead atoms. The highest BCUT2D eigenvalue weighted by Crippen LogP contribution is 2.27. The zero-order valence-corrected chi connectivity index (χ0v) is 17.2. The van der Waals surface area contributed by atoms with Crippen molar-refractivity contribution in [2.45, 2.75) is 60.1 Å². The quantitative estimate of drug-likeness (QED) is 0.714. The fourth-order valence-electron chi connectivity index (χ4n) is 2.92. The molecule has 140 valence electrons. The van der Waals surface area contributed by atoms with E-state index >= 15 is 0 Å². The van der Waals surface area contributed by atoms with Crippen LogP contribution < -0.4 is 10.1 Å². The van der Waals surface area contributed by atoms with Gasteiger partial charge in [-0.25, -0.2) is 0 Å². The molecule has 2 aromatic carbocycles. The molecule has 0 unspecified atom stereocenters. The van der Waals surface area contributed by atoms with Gasteiger partial charge in [-0.15, -0.1) is 0 Å². The molecule has 0 aromatic heterocycles. The van der Waals surface area contributed by atoms with E-state index in [1.807, 2.05) is 26.0 Å². The van der Waals surface area contributed by atoms with E-state index in [1.54, 1.807) is 6.92 Å². The molecule has 0 aliphatic heterocycles. The minimum absolute atomic E-state index is 0.0264. The van der Waals surface area contributed by atoms with Crippen LogP contribution in [0.15, 0.2) is 30.3 Å². The molecule has 0 aliphatic rings. The van der Waals surface area contributed by atoms with Crippen LogP contribution in [0.1, 0.15) is 54.1 Å². The maximum absolute atomic E-state index is 12.6. The SMILES string of the molecule is CC[C@@H](NC(=O)[C@@H](C)Oc1cc(C)c(Cl)c(C)c1)c1ccc(C)c(C)c1. The molecule has 3 nitrogen and oxygen atoms in total. The standard InChI is InChI=1S/C22H28ClNO2/c1-7-20(18-9-8-13(2)14(3)10-18)24-22(25)17(6)26-19-11-15(4)21(23)16(5)12-19/h8-12,17,20H,7H2,1-6H3,(H,24,25)/t17-,20-/m1/s1. The summed E-state index contributed by atoms with van der Waals surface area (Å²) in [6, 6.07) is 10.0. The lowest BCUT2D eigenvalue weighted by Gasteiger charge is -2.22. The minimum Gasteiger partial charge on any atom is -0.481 e. The summed E-state index contributed by atoms with van der Waals surface area (Å²) in [4.78, 5) is 12.6. The van der Waals surface area contributed by atoms with Crippen LogP contribution in [0.2, 0.25) is 5.02 Å². The lowest BCUT2D eigenvalue weighted by Crippen LogP contribution is -2.38. The molecule has 0 heterocycles.